The van der Waals surface area contributed by atoms with Crippen LogP contribution in [0.25, 0.3) is 0 Å². The van der Waals surface area contributed by atoms with Crippen molar-refractivity contribution in [2.45, 2.75) is 13.0 Å². The first-order chi connectivity index (χ1) is 10.4. The Bertz CT molecular complexity index is 694. The molecule has 0 aliphatic carbocycles. The highest BCUT2D eigenvalue weighted by atomic mass is 35.5. The number of hydrogen-bond acceptors (Lipinski definition) is 5. The third kappa shape index (κ3) is 2.80. The molecule has 2 aliphatic heterocycles. The minimum absolute atomic E-state index is 0.173. The minimum Gasteiger partial charge on any atom is -0.477 e. The van der Waals surface area contributed by atoms with Crippen LogP contribution in [-0.4, -0.2) is 72.4 Å². The predicted octanol–water partition coefficient (Wildman–Crippen LogP) is 0.0364. The van der Waals surface area contributed by atoms with E-state index in [0.29, 0.717) is 32.1 Å². The SMILES string of the molecule is CS(=O)(=O)N1CCN(C(=O)c2nn3c(c2Cl)OCCC3)CC1. The van der Waals surface area contributed by atoms with E-state index in [9.17, 15) is 13.2 Å². The topological polar surface area (TPSA) is 84.7 Å². The van der Waals surface area contributed by atoms with Gasteiger partial charge in [0.2, 0.25) is 15.9 Å². The van der Waals surface area contributed by atoms with Gasteiger partial charge in [-0.3, -0.25) is 4.79 Å². The number of carbonyl (C=O) groups excluding carboxylic acids is 1. The molecule has 0 aromatic carbocycles. The first-order valence-electron chi connectivity index (χ1n) is 7.01. The molecule has 0 radical (unpaired) electrons. The molecule has 10 heteroatoms. The lowest BCUT2D eigenvalue weighted by Gasteiger charge is -2.32. The van der Waals surface area contributed by atoms with Crippen LogP contribution in [0, 0.1) is 0 Å². The number of hydrogen-bond donors (Lipinski definition) is 0. The number of sulfonamides is 1. The van der Waals surface area contributed by atoms with Crippen LogP contribution in [0.15, 0.2) is 0 Å². The van der Waals surface area contributed by atoms with E-state index in [1.165, 1.54) is 10.6 Å². The van der Waals surface area contributed by atoms with Crippen molar-refractivity contribution in [1.82, 2.24) is 19.0 Å². The lowest BCUT2D eigenvalue weighted by atomic mass is 10.3. The third-order valence-corrected chi connectivity index (χ3v) is 5.45. The molecule has 22 heavy (non-hydrogen) atoms. The number of piperazine rings is 1. The maximum Gasteiger partial charge on any atom is 0.276 e. The third-order valence-electron chi connectivity index (χ3n) is 3.80. The summed E-state index contributed by atoms with van der Waals surface area (Å²) in [6.07, 6.45) is 1.99. The summed E-state index contributed by atoms with van der Waals surface area (Å²) in [6.45, 7) is 2.45. The highest BCUT2D eigenvalue weighted by Gasteiger charge is 2.31. The average molecular weight is 349 g/mol. The van der Waals surface area contributed by atoms with Crippen LogP contribution in [0.2, 0.25) is 5.02 Å². The van der Waals surface area contributed by atoms with Crippen molar-refractivity contribution in [2.24, 2.45) is 0 Å². The minimum atomic E-state index is -3.22. The zero-order chi connectivity index (χ0) is 15.9. The van der Waals surface area contributed by atoms with Crippen LogP contribution in [-0.2, 0) is 16.6 Å². The van der Waals surface area contributed by atoms with E-state index in [2.05, 4.69) is 5.10 Å². The van der Waals surface area contributed by atoms with Gasteiger partial charge in [0.05, 0.1) is 12.9 Å². The van der Waals surface area contributed by atoms with Gasteiger partial charge in [-0.2, -0.15) is 9.40 Å². The molecule has 1 aromatic rings. The number of amides is 1. The Morgan fingerprint density at radius 1 is 1.23 bits per heavy atom. The standard InChI is InChI=1S/C12H17ClN4O4S/c1-22(19,20)16-6-4-15(5-7-16)11(18)10-9(13)12-17(14-10)3-2-8-21-12/h2-8H2,1H3. The molecule has 0 saturated carbocycles. The number of ether oxygens (including phenoxy) is 1. The molecule has 0 atom stereocenters. The first kappa shape index (κ1) is 15.6. The van der Waals surface area contributed by atoms with E-state index in [0.717, 1.165) is 6.42 Å². The number of fused-ring (bicyclic) bond motifs is 1. The molecule has 3 heterocycles. The van der Waals surface area contributed by atoms with Crippen molar-refractivity contribution >= 4 is 27.5 Å². The Hall–Kier alpha value is -1.32. The summed E-state index contributed by atoms with van der Waals surface area (Å²) >= 11 is 6.20. The Morgan fingerprint density at radius 3 is 2.50 bits per heavy atom. The second-order valence-electron chi connectivity index (χ2n) is 5.35. The molecule has 1 fully saturated rings. The molecule has 1 aromatic heterocycles. The number of nitrogens with zero attached hydrogens (tertiary/aromatic N) is 4. The molecule has 3 rings (SSSR count). The molecule has 1 amide bonds. The van der Waals surface area contributed by atoms with Crippen LogP contribution in [0.4, 0.5) is 0 Å². The Morgan fingerprint density at radius 2 is 1.91 bits per heavy atom. The largest absolute Gasteiger partial charge is 0.477 e. The Kier molecular flexibility index (Phi) is 4.04. The van der Waals surface area contributed by atoms with E-state index in [1.54, 1.807) is 9.58 Å². The summed E-state index contributed by atoms with van der Waals surface area (Å²) in [7, 11) is -3.22. The van der Waals surface area contributed by atoms with Gasteiger partial charge < -0.3 is 9.64 Å². The van der Waals surface area contributed by atoms with Crippen molar-refractivity contribution in [1.29, 1.82) is 0 Å². The van der Waals surface area contributed by atoms with Gasteiger partial charge in [-0.1, -0.05) is 11.6 Å². The monoisotopic (exact) mass is 348 g/mol. The molecule has 0 bridgehead atoms. The number of carbonyl (C=O) groups is 1. The highest BCUT2D eigenvalue weighted by molar-refractivity contribution is 7.88. The molecular formula is C12H17ClN4O4S. The number of aryl methyl sites for hydroxylation is 1. The van der Waals surface area contributed by atoms with E-state index < -0.39 is 10.0 Å². The van der Waals surface area contributed by atoms with Crippen molar-refractivity contribution in [3.63, 3.8) is 0 Å². The van der Waals surface area contributed by atoms with E-state index >= 15 is 0 Å². The smallest absolute Gasteiger partial charge is 0.276 e. The fourth-order valence-corrected chi connectivity index (χ4v) is 3.70. The van der Waals surface area contributed by atoms with Gasteiger partial charge in [-0.05, 0) is 0 Å². The van der Waals surface area contributed by atoms with Gasteiger partial charge in [0.1, 0.15) is 5.02 Å². The Balaban J connectivity index is 1.74. The summed E-state index contributed by atoms with van der Waals surface area (Å²) < 4.78 is 31.4. The van der Waals surface area contributed by atoms with Crippen LogP contribution < -0.4 is 4.74 Å². The number of halogens is 1. The quantitative estimate of drug-likeness (QED) is 0.753. The van der Waals surface area contributed by atoms with Crippen molar-refractivity contribution in [3.8, 4) is 5.88 Å². The van der Waals surface area contributed by atoms with Crippen LogP contribution in [0.1, 0.15) is 16.9 Å². The molecule has 0 unspecified atom stereocenters. The highest BCUT2D eigenvalue weighted by Crippen LogP contribution is 2.31. The summed E-state index contributed by atoms with van der Waals surface area (Å²) in [6, 6.07) is 0. The fourth-order valence-electron chi connectivity index (χ4n) is 2.61. The number of rotatable bonds is 2. The zero-order valence-corrected chi connectivity index (χ0v) is 13.7. The van der Waals surface area contributed by atoms with Gasteiger partial charge in [-0.15, -0.1) is 0 Å². The molecule has 1 saturated heterocycles. The van der Waals surface area contributed by atoms with E-state index in [4.69, 9.17) is 16.3 Å². The maximum atomic E-state index is 12.5. The van der Waals surface area contributed by atoms with Crippen LogP contribution >= 0.6 is 11.6 Å². The van der Waals surface area contributed by atoms with Crippen molar-refractivity contribution in [2.75, 3.05) is 39.0 Å². The van der Waals surface area contributed by atoms with Crippen LogP contribution in [0.5, 0.6) is 5.88 Å². The summed E-state index contributed by atoms with van der Waals surface area (Å²) in [5.41, 5.74) is 0.173. The van der Waals surface area contributed by atoms with E-state index in [-0.39, 0.29) is 29.7 Å². The van der Waals surface area contributed by atoms with Crippen molar-refractivity contribution < 1.29 is 17.9 Å². The zero-order valence-electron chi connectivity index (χ0n) is 12.2. The second-order valence-corrected chi connectivity index (χ2v) is 7.71. The molecule has 122 valence electrons. The number of aromatic nitrogens is 2. The van der Waals surface area contributed by atoms with E-state index in [1.807, 2.05) is 0 Å². The van der Waals surface area contributed by atoms with Crippen molar-refractivity contribution in [3.05, 3.63) is 10.7 Å². The average Bonchev–Trinajstić information content (AvgIpc) is 2.83. The van der Waals surface area contributed by atoms with Gasteiger partial charge in [0.25, 0.3) is 5.91 Å². The summed E-state index contributed by atoms with van der Waals surface area (Å²) in [4.78, 5) is 14.1. The lowest BCUT2D eigenvalue weighted by Crippen LogP contribution is -2.50. The second kappa shape index (κ2) is 5.71. The normalized spacial score (nSPS) is 19.6. The van der Waals surface area contributed by atoms with Gasteiger partial charge in [-0.25, -0.2) is 13.1 Å². The first-order valence-corrected chi connectivity index (χ1v) is 9.24. The van der Waals surface area contributed by atoms with Gasteiger partial charge >= 0.3 is 0 Å². The molecule has 0 N–H and O–H groups in total. The predicted molar refractivity (Wildman–Crippen MR) is 79.7 cm³/mol. The molecule has 8 nitrogen and oxygen atoms in total. The van der Waals surface area contributed by atoms with Gasteiger partial charge in [0.15, 0.2) is 5.69 Å². The Labute approximate surface area is 133 Å². The van der Waals surface area contributed by atoms with Gasteiger partial charge in [0, 0.05) is 39.1 Å². The summed E-state index contributed by atoms with van der Waals surface area (Å²) in [5, 5.41) is 4.46. The van der Waals surface area contributed by atoms with Crippen LogP contribution in [0.3, 0.4) is 0 Å². The molecule has 2 aliphatic rings. The molecular weight excluding hydrogens is 332 g/mol. The lowest BCUT2D eigenvalue weighted by molar-refractivity contribution is 0.0691. The molecule has 0 spiro atoms. The summed E-state index contributed by atoms with van der Waals surface area (Å²) in [5.74, 6) is 0.148. The fraction of sp³-hybridized carbons (Fsp3) is 0.667. The maximum absolute atomic E-state index is 12.5.